The molecule has 10 heteroatoms. The molecule has 0 radical (unpaired) electrons. The van der Waals surface area contributed by atoms with Crippen LogP contribution in [0.4, 0.5) is 5.69 Å². The number of aryl methyl sites for hydroxylation is 1. The van der Waals surface area contributed by atoms with Crippen molar-refractivity contribution in [1.82, 2.24) is 13.8 Å². The van der Waals surface area contributed by atoms with Crippen molar-refractivity contribution < 1.29 is 13.2 Å². The minimum atomic E-state index is -3.71. The van der Waals surface area contributed by atoms with Crippen molar-refractivity contribution >= 4 is 44.1 Å². The van der Waals surface area contributed by atoms with Crippen LogP contribution in [0.1, 0.15) is 28.8 Å². The van der Waals surface area contributed by atoms with E-state index in [0.717, 1.165) is 24.1 Å². The summed E-state index contributed by atoms with van der Waals surface area (Å²) in [4.78, 5) is 31.2. The van der Waals surface area contributed by atoms with Crippen molar-refractivity contribution in [3.63, 3.8) is 0 Å². The van der Waals surface area contributed by atoms with Gasteiger partial charge in [0.2, 0.25) is 15.5 Å². The summed E-state index contributed by atoms with van der Waals surface area (Å²) in [6.07, 6.45) is 4.89. The Labute approximate surface area is 227 Å². The van der Waals surface area contributed by atoms with E-state index in [-0.39, 0.29) is 21.8 Å². The van der Waals surface area contributed by atoms with Gasteiger partial charge in [-0.15, -0.1) is 6.58 Å². The predicted octanol–water partition coefficient (Wildman–Crippen LogP) is 3.90. The SMILES string of the molecule is C=CCn1cc(C(=O)N2CCN(c3cc(Cl)ccc3C)CC2)c(=O)c2cc(S(=O)(=O)N3CCCC3)ccc21. The monoisotopic (exact) mass is 554 g/mol. The van der Waals surface area contributed by atoms with Gasteiger partial charge < -0.3 is 14.4 Å². The Kier molecular flexibility index (Phi) is 7.35. The molecule has 2 aliphatic rings. The minimum Gasteiger partial charge on any atom is -0.368 e. The number of nitrogens with zero attached hydrogens (tertiary/aromatic N) is 4. The molecule has 3 heterocycles. The predicted molar refractivity (Wildman–Crippen MR) is 151 cm³/mol. The summed E-state index contributed by atoms with van der Waals surface area (Å²) in [6.45, 7) is 9.27. The first kappa shape index (κ1) is 26.5. The maximum absolute atomic E-state index is 13.6. The molecule has 1 amide bonds. The second kappa shape index (κ2) is 10.6. The van der Waals surface area contributed by atoms with Crippen LogP contribution in [0.15, 0.2) is 64.9 Å². The van der Waals surface area contributed by atoms with Gasteiger partial charge in [0.15, 0.2) is 0 Å². The Morgan fingerprint density at radius 1 is 1.03 bits per heavy atom. The normalized spacial score (nSPS) is 16.8. The third-order valence-corrected chi connectivity index (χ3v) is 9.52. The van der Waals surface area contributed by atoms with Gasteiger partial charge in [-0.1, -0.05) is 23.7 Å². The number of hydrogen-bond donors (Lipinski definition) is 0. The van der Waals surface area contributed by atoms with Crippen LogP contribution in [0.5, 0.6) is 0 Å². The molecule has 1 aromatic heterocycles. The van der Waals surface area contributed by atoms with Gasteiger partial charge in [0.05, 0.1) is 10.4 Å². The van der Waals surface area contributed by atoms with Gasteiger partial charge in [-0.3, -0.25) is 9.59 Å². The minimum absolute atomic E-state index is 0.0301. The van der Waals surface area contributed by atoms with E-state index in [1.165, 1.54) is 16.4 Å². The van der Waals surface area contributed by atoms with Crippen LogP contribution in [0.25, 0.3) is 10.9 Å². The number of hydrogen-bond acceptors (Lipinski definition) is 5. The third kappa shape index (κ3) is 4.86. The molecule has 0 bridgehead atoms. The van der Waals surface area contributed by atoms with Gasteiger partial charge in [0, 0.05) is 68.1 Å². The van der Waals surface area contributed by atoms with Gasteiger partial charge in [0.25, 0.3) is 5.91 Å². The molecule has 0 saturated carbocycles. The lowest BCUT2D eigenvalue weighted by atomic mass is 10.1. The fourth-order valence-corrected chi connectivity index (χ4v) is 7.01. The average molecular weight is 555 g/mol. The van der Waals surface area contributed by atoms with Crippen molar-refractivity contribution in [1.29, 1.82) is 0 Å². The number of halogens is 1. The van der Waals surface area contributed by atoms with Crippen LogP contribution in [-0.4, -0.2) is 67.4 Å². The van der Waals surface area contributed by atoms with Gasteiger partial charge in [-0.25, -0.2) is 8.42 Å². The van der Waals surface area contributed by atoms with Crippen molar-refractivity contribution in [2.45, 2.75) is 31.2 Å². The highest BCUT2D eigenvalue weighted by molar-refractivity contribution is 7.89. The standard InChI is InChI=1S/C28H31ClN4O4S/c1-3-10-32-19-24(28(35)31-15-13-30(14-16-31)26-17-21(29)7-6-20(26)2)27(34)23-18-22(8-9-25(23)32)38(36,37)33-11-4-5-12-33/h3,6-9,17-19H,1,4-5,10-16H2,2H3. The van der Waals surface area contributed by atoms with Crippen LogP contribution in [0.2, 0.25) is 5.02 Å². The number of anilines is 1. The first-order valence-electron chi connectivity index (χ1n) is 12.8. The van der Waals surface area contributed by atoms with E-state index in [9.17, 15) is 18.0 Å². The number of carbonyl (C=O) groups is 1. The number of benzene rings is 2. The van der Waals surface area contributed by atoms with Crippen LogP contribution >= 0.6 is 11.6 Å². The largest absolute Gasteiger partial charge is 0.368 e. The van der Waals surface area contributed by atoms with Crippen LogP contribution in [0.3, 0.4) is 0 Å². The van der Waals surface area contributed by atoms with E-state index in [1.807, 2.05) is 25.1 Å². The molecular weight excluding hydrogens is 524 g/mol. The lowest BCUT2D eigenvalue weighted by molar-refractivity contribution is 0.0745. The zero-order chi connectivity index (χ0) is 27.0. The number of amides is 1. The lowest BCUT2D eigenvalue weighted by Crippen LogP contribution is -2.49. The Morgan fingerprint density at radius 3 is 2.42 bits per heavy atom. The Balaban J connectivity index is 1.47. The molecule has 2 fully saturated rings. The molecule has 2 aliphatic heterocycles. The molecule has 5 rings (SSSR count). The molecule has 3 aromatic rings. The maximum atomic E-state index is 13.6. The number of aromatic nitrogens is 1. The van der Waals surface area contributed by atoms with E-state index in [2.05, 4.69) is 11.5 Å². The Hall–Kier alpha value is -3.14. The van der Waals surface area contributed by atoms with Crippen molar-refractivity contribution in [2.24, 2.45) is 0 Å². The lowest BCUT2D eigenvalue weighted by Gasteiger charge is -2.37. The summed E-state index contributed by atoms with van der Waals surface area (Å²) in [5.74, 6) is -0.356. The van der Waals surface area contributed by atoms with E-state index >= 15 is 0 Å². The molecular formula is C28H31ClN4O4S. The highest BCUT2D eigenvalue weighted by Gasteiger charge is 2.29. The Bertz CT molecular complexity index is 1570. The second-order valence-corrected chi connectivity index (χ2v) is 12.2. The molecule has 0 N–H and O–H groups in total. The van der Waals surface area contributed by atoms with Crippen LogP contribution < -0.4 is 10.3 Å². The zero-order valence-electron chi connectivity index (χ0n) is 21.4. The van der Waals surface area contributed by atoms with Crippen LogP contribution in [0, 0.1) is 6.92 Å². The number of sulfonamides is 1. The molecule has 2 aromatic carbocycles. The summed E-state index contributed by atoms with van der Waals surface area (Å²) < 4.78 is 29.6. The molecule has 0 atom stereocenters. The molecule has 0 unspecified atom stereocenters. The summed E-state index contributed by atoms with van der Waals surface area (Å²) in [5, 5.41) is 0.875. The number of fused-ring (bicyclic) bond motifs is 1. The van der Waals surface area contributed by atoms with Crippen molar-refractivity contribution in [3.8, 4) is 0 Å². The summed E-state index contributed by atoms with van der Waals surface area (Å²) in [5.41, 5.74) is 2.28. The molecule has 38 heavy (non-hydrogen) atoms. The number of piperazine rings is 1. The van der Waals surface area contributed by atoms with Gasteiger partial charge >= 0.3 is 0 Å². The first-order valence-corrected chi connectivity index (χ1v) is 14.6. The fourth-order valence-electron chi connectivity index (χ4n) is 5.30. The summed E-state index contributed by atoms with van der Waals surface area (Å²) in [7, 11) is -3.71. The molecule has 0 spiro atoms. The first-order chi connectivity index (χ1) is 18.2. The number of carbonyl (C=O) groups excluding carboxylic acids is 1. The molecule has 8 nitrogen and oxygen atoms in total. The topological polar surface area (TPSA) is 82.9 Å². The fraction of sp³-hybridized carbons (Fsp3) is 0.357. The maximum Gasteiger partial charge on any atom is 0.259 e. The van der Waals surface area contributed by atoms with E-state index in [4.69, 9.17) is 11.6 Å². The average Bonchev–Trinajstić information content (AvgIpc) is 3.47. The Morgan fingerprint density at radius 2 is 1.74 bits per heavy atom. The highest BCUT2D eigenvalue weighted by Crippen LogP contribution is 2.27. The molecule has 200 valence electrons. The van der Waals surface area contributed by atoms with Crippen molar-refractivity contribution in [2.75, 3.05) is 44.2 Å². The smallest absolute Gasteiger partial charge is 0.259 e. The quantitative estimate of drug-likeness (QED) is 0.432. The van der Waals surface area contributed by atoms with E-state index in [1.54, 1.807) is 27.8 Å². The number of rotatable bonds is 6. The van der Waals surface area contributed by atoms with E-state index in [0.29, 0.717) is 56.4 Å². The number of allylic oxidation sites excluding steroid dienone is 1. The highest BCUT2D eigenvalue weighted by atomic mass is 35.5. The summed E-state index contributed by atoms with van der Waals surface area (Å²) >= 11 is 6.20. The summed E-state index contributed by atoms with van der Waals surface area (Å²) in [6, 6.07) is 10.4. The van der Waals surface area contributed by atoms with E-state index < -0.39 is 15.5 Å². The molecule has 0 aliphatic carbocycles. The van der Waals surface area contributed by atoms with Crippen LogP contribution in [-0.2, 0) is 16.6 Å². The third-order valence-electron chi connectivity index (χ3n) is 7.39. The molecule has 2 saturated heterocycles. The second-order valence-electron chi connectivity index (χ2n) is 9.81. The van der Waals surface area contributed by atoms with Gasteiger partial charge in [0.1, 0.15) is 5.56 Å². The van der Waals surface area contributed by atoms with Gasteiger partial charge in [-0.2, -0.15) is 4.31 Å². The number of pyridine rings is 1. The van der Waals surface area contributed by atoms with Gasteiger partial charge in [-0.05, 0) is 55.7 Å². The van der Waals surface area contributed by atoms with Crippen molar-refractivity contribution in [3.05, 3.63) is 81.6 Å². The zero-order valence-corrected chi connectivity index (χ0v) is 23.0.